The van der Waals surface area contributed by atoms with E-state index in [1.165, 1.54) is 6.07 Å². The zero-order valence-corrected chi connectivity index (χ0v) is 11.5. The molecule has 2 aromatic rings. The summed E-state index contributed by atoms with van der Waals surface area (Å²) in [6.07, 6.45) is 0. The Labute approximate surface area is 114 Å². The molecule has 0 aliphatic rings. The first-order valence-corrected chi connectivity index (χ1v) is 6.57. The number of phenolic OH excluding ortho intramolecular Hbond substituents is 1. The van der Waals surface area contributed by atoms with Gasteiger partial charge >= 0.3 is 5.00 Å². The lowest BCUT2D eigenvalue weighted by molar-refractivity contribution is -0.380. The lowest BCUT2D eigenvalue weighted by Gasteiger charge is -2.11. The first-order valence-electron chi connectivity index (χ1n) is 5.75. The van der Waals surface area contributed by atoms with Gasteiger partial charge in [0.05, 0.1) is 4.92 Å². The summed E-state index contributed by atoms with van der Waals surface area (Å²) in [5.41, 5.74) is 2.44. The quantitative estimate of drug-likeness (QED) is 0.662. The van der Waals surface area contributed by atoms with Crippen LogP contribution in [0.25, 0.3) is 0 Å². The number of aryl methyl sites for hydroxylation is 1. The largest absolute Gasteiger partial charge is 0.507 e. The zero-order valence-electron chi connectivity index (χ0n) is 10.6. The molecule has 0 atom stereocenters. The molecule has 2 rings (SSSR count). The van der Waals surface area contributed by atoms with Gasteiger partial charge in [-0.15, -0.1) is 0 Å². The third-order valence-electron chi connectivity index (χ3n) is 2.91. The Morgan fingerprint density at radius 2 is 2.05 bits per heavy atom. The predicted octanol–water partition coefficient (Wildman–Crippen LogP) is 3.59. The van der Waals surface area contributed by atoms with Gasteiger partial charge in [-0.1, -0.05) is 17.4 Å². The maximum atomic E-state index is 10.6. The normalized spacial score (nSPS) is 10.4. The molecule has 0 radical (unpaired) electrons. The van der Waals surface area contributed by atoms with Crippen LogP contribution >= 0.6 is 11.3 Å². The molecule has 2 N–H and O–H groups in total. The summed E-state index contributed by atoms with van der Waals surface area (Å²) in [4.78, 5) is 11.1. The topological polar surface area (TPSA) is 75.4 Å². The van der Waals surface area contributed by atoms with Crippen LogP contribution in [0.15, 0.2) is 24.3 Å². The molecule has 1 aromatic carbocycles. The number of aromatic hydroxyl groups is 1. The van der Waals surface area contributed by atoms with E-state index in [4.69, 9.17) is 0 Å². The molecule has 0 aliphatic carbocycles. The minimum atomic E-state index is -0.392. The summed E-state index contributed by atoms with van der Waals surface area (Å²) in [6, 6.07) is 6.97. The molecule has 1 heterocycles. The Hall–Kier alpha value is -2.08. The molecule has 0 aliphatic heterocycles. The summed E-state index contributed by atoms with van der Waals surface area (Å²) in [7, 11) is 0. The van der Waals surface area contributed by atoms with Crippen LogP contribution in [0.2, 0.25) is 0 Å². The highest BCUT2D eigenvalue weighted by Crippen LogP contribution is 2.29. The second kappa shape index (κ2) is 5.27. The van der Waals surface area contributed by atoms with E-state index in [0.717, 1.165) is 33.0 Å². The van der Waals surface area contributed by atoms with Crippen LogP contribution in [0, 0.1) is 24.0 Å². The second-order valence-electron chi connectivity index (χ2n) is 4.25. The van der Waals surface area contributed by atoms with Crippen molar-refractivity contribution in [1.82, 2.24) is 0 Å². The molecule has 0 amide bonds. The molecule has 6 heteroatoms. The number of anilines is 1. The molecule has 0 fully saturated rings. The van der Waals surface area contributed by atoms with E-state index >= 15 is 0 Å². The zero-order chi connectivity index (χ0) is 14.0. The van der Waals surface area contributed by atoms with Crippen LogP contribution in [0.1, 0.15) is 16.0 Å². The number of hydrogen-bond acceptors (Lipinski definition) is 5. The van der Waals surface area contributed by atoms with E-state index in [1.54, 1.807) is 6.07 Å². The molecule has 100 valence electrons. The lowest BCUT2D eigenvalue weighted by atomic mass is 10.1. The molecule has 0 saturated carbocycles. The van der Waals surface area contributed by atoms with Gasteiger partial charge in [0.15, 0.2) is 0 Å². The van der Waals surface area contributed by atoms with Gasteiger partial charge in [0.1, 0.15) is 5.75 Å². The maximum absolute atomic E-state index is 10.6. The van der Waals surface area contributed by atoms with Crippen molar-refractivity contribution in [2.24, 2.45) is 0 Å². The van der Waals surface area contributed by atoms with Crippen molar-refractivity contribution in [3.05, 3.63) is 50.4 Å². The summed E-state index contributed by atoms with van der Waals surface area (Å²) < 4.78 is 0. The van der Waals surface area contributed by atoms with Crippen LogP contribution in [-0.4, -0.2) is 10.0 Å². The van der Waals surface area contributed by atoms with Gasteiger partial charge in [-0.25, -0.2) is 0 Å². The highest BCUT2D eigenvalue weighted by atomic mass is 32.1. The number of benzene rings is 1. The Morgan fingerprint density at radius 1 is 1.32 bits per heavy atom. The number of nitrogens with one attached hydrogen (secondary N) is 1. The second-order valence-corrected chi connectivity index (χ2v) is 5.40. The number of phenols is 1. The van der Waals surface area contributed by atoms with E-state index in [2.05, 4.69) is 5.32 Å². The van der Waals surface area contributed by atoms with Crippen LogP contribution in [-0.2, 0) is 6.54 Å². The number of nitrogens with zero attached hydrogens (tertiary/aromatic N) is 1. The van der Waals surface area contributed by atoms with Crippen molar-refractivity contribution in [3.63, 3.8) is 0 Å². The van der Waals surface area contributed by atoms with E-state index in [9.17, 15) is 15.2 Å². The first kappa shape index (κ1) is 13.4. The van der Waals surface area contributed by atoms with Gasteiger partial charge in [-0.3, -0.25) is 10.1 Å². The van der Waals surface area contributed by atoms with Gasteiger partial charge in [-0.05, 0) is 31.5 Å². The number of hydrogen-bond donors (Lipinski definition) is 2. The van der Waals surface area contributed by atoms with E-state index in [1.807, 2.05) is 26.0 Å². The molecule has 0 saturated heterocycles. The summed E-state index contributed by atoms with van der Waals surface area (Å²) >= 11 is 1.15. The van der Waals surface area contributed by atoms with Crippen molar-refractivity contribution in [2.75, 3.05) is 5.32 Å². The van der Waals surface area contributed by atoms with E-state index in [-0.39, 0.29) is 10.8 Å². The molecule has 0 bridgehead atoms. The van der Waals surface area contributed by atoms with Crippen LogP contribution in [0.5, 0.6) is 5.75 Å². The molecular weight excluding hydrogens is 264 g/mol. The Kier molecular flexibility index (Phi) is 3.71. The number of nitro groups is 1. The van der Waals surface area contributed by atoms with Crippen molar-refractivity contribution < 1.29 is 10.0 Å². The third kappa shape index (κ3) is 2.85. The molecular formula is C13H14N2O3S. The fourth-order valence-electron chi connectivity index (χ4n) is 1.77. The highest BCUT2D eigenvalue weighted by molar-refractivity contribution is 7.15. The van der Waals surface area contributed by atoms with Gasteiger partial charge in [0.2, 0.25) is 0 Å². The number of thiophene rings is 1. The molecule has 5 nitrogen and oxygen atoms in total. The lowest BCUT2D eigenvalue weighted by Crippen LogP contribution is -1.99. The summed E-state index contributed by atoms with van der Waals surface area (Å²) in [6.45, 7) is 4.18. The van der Waals surface area contributed by atoms with Crippen molar-refractivity contribution in [2.45, 2.75) is 20.4 Å². The standard InChI is InChI=1S/C13H14N2O3S/c1-8-3-5-11(9(2)13(8)16)14-7-10-4-6-12(19-10)15(17)18/h3-6,14,16H,7H2,1-2H3. The molecule has 19 heavy (non-hydrogen) atoms. The maximum Gasteiger partial charge on any atom is 0.324 e. The minimum absolute atomic E-state index is 0.139. The van der Waals surface area contributed by atoms with Crippen LogP contribution in [0.4, 0.5) is 10.7 Å². The first-order chi connectivity index (χ1) is 8.99. The van der Waals surface area contributed by atoms with Crippen molar-refractivity contribution in [1.29, 1.82) is 0 Å². The highest BCUT2D eigenvalue weighted by Gasteiger charge is 2.10. The molecule has 0 spiro atoms. The molecule has 0 unspecified atom stereocenters. The van der Waals surface area contributed by atoms with Gasteiger partial charge in [0.25, 0.3) is 0 Å². The Morgan fingerprint density at radius 3 is 2.68 bits per heavy atom. The van der Waals surface area contributed by atoms with Gasteiger partial charge < -0.3 is 10.4 Å². The fraction of sp³-hybridized carbons (Fsp3) is 0.231. The monoisotopic (exact) mass is 278 g/mol. The predicted molar refractivity (Wildman–Crippen MR) is 75.9 cm³/mol. The van der Waals surface area contributed by atoms with Crippen LogP contribution < -0.4 is 5.32 Å². The van der Waals surface area contributed by atoms with Crippen molar-refractivity contribution in [3.8, 4) is 5.75 Å². The van der Waals surface area contributed by atoms with Gasteiger partial charge in [-0.2, -0.15) is 0 Å². The van der Waals surface area contributed by atoms with E-state index in [0.29, 0.717) is 6.54 Å². The number of rotatable bonds is 4. The SMILES string of the molecule is Cc1ccc(NCc2ccc([N+](=O)[O-])s2)c(C)c1O. The summed E-state index contributed by atoms with van der Waals surface area (Å²) in [5, 5.41) is 23.7. The van der Waals surface area contributed by atoms with Crippen LogP contribution in [0.3, 0.4) is 0 Å². The Bertz CT molecular complexity index is 622. The molecule has 1 aromatic heterocycles. The third-order valence-corrected chi connectivity index (χ3v) is 3.95. The minimum Gasteiger partial charge on any atom is -0.507 e. The fourth-order valence-corrected chi connectivity index (χ4v) is 2.53. The van der Waals surface area contributed by atoms with E-state index < -0.39 is 4.92 Å². The average molecular weight is 278 g/mol. The smallest absolute Gasteiger partial charge is 0.324 e. The Balaban J connectivity index is 2.10. The summed E-state index contributed by atoms with van der Waals surface area (Å²) in [5.74, 6) is 0.280. The van der Waals surface area contributed by atoms with Gasteiger partial charge in [0, 0.05) is 28.7 Å². The van der Waals surface area contributed by atoms with Crippen molar-refractivity contribution >= 4 is 22.0 Å². The average Bonchev–Trinajstić information content (AvgIpc) is 2.84.